The van der Waals surface area contributed by atoms with E-state index in [9.17, 15) is 4.79 Å². The molecule has 0 fully saturated rings. The van der Waals surface area contributed by atoms with Crippen LogP contribution in [0.2, 0.25) is 0 Å². The summed E-state index contributed by atoms with van der Waals surface area (Å²) in [6.45, 7) is 5.39. The second kappa shape index (κ2) is 8.39. The summed E-state index contributed by atoms with van der Waals surface area (Å²) in [5, 5.41) is 0. The molecule has 2 aromatic carbocycles. The molecule has 1 amide bonds. The van der Waals surface area contributed by atoms with Crippen LogP contribution in [0.1, 0.15) is 30.9 Å². The maximum atomic E-state index is 13.1. The monoisotopic (exact) mass is 327 g/mol. The molecule has 0 bridgehead atoms. The van der Waals surface area contributed by atoms with Crippen LogP contribution >= 0.6 is 0 Å². The number of hydrogen-bond acceptors (Lipinski definition) is 3. The van der Waals surface area contributed by atoms with Gasteiger partial charge in [0.15, 0.2) is 0 Å². The van der Waals surface area contributed by atoms with Gasteiger partial charge < -0.3 is 14.4 Å². The molecule has 24 heavy (non-hydrogen) atoms. The van der Waals surface area contributed by atoms with Gasteiger partial charge in [-0.3, -0.25) is 4.79 Å². The minimum Gasteiger partial charge on any atom is -0.497 e. The van der Waals surface area contributed by atoms with Crippen molar-refractivity contribution >= 4 is 5.91 Å². The Morgan fingerprint density at radius 3 is 1.50 bits per heavy atom. The van der Waals surface area contributed by atoms with Gasteiger partial charge in [-0.2, -0.15) is 0 Å². The van der Waals surface area contributed by atoms with Gasteiger partial charge in [-0.25, -0.2) is 0 Å². The fourth-order valence-corrected chi connectivity index (χ4v) is 2.79. The normalized spacial score (nSPS) is 10.5. The van der Waals surface area contributed by atoms with E-state index in [4.69, 9.17) is 9.47 Å². The number of rotatable bonds is 7. The van der Waals surface area contributed by atoms with Gasteiger partial charge in [-0.15, -0.1) is 0 Å². The van der Waals surface area contributed by atoms with E-state index in [1.807, 2.05) is 67.3 Å². The number of amides is 1. The van der Waals surface area contributed by atoms with Crippen molar-refractivity contribution in [3.8, 4) is 11.5 Å². The minimum atomic E-state index is -0.332. The number of carbonyl (C=O) groups excluding carboxylic acids is 1. The molecule has 0 saturated heterocycles. The fourth-order valence-electron chi connectivity index (χ4n) is 2.79. The first kappa shape index (κ1) is 17.9. The Hall–Kier alpha value is -2.49. The molecule has 0 N–H and O–H groups in total. The standard InChI is InChI=1S/C20H25NO3/c1-5-21(6-2)20(22)19(15-7-11-17(23-3)12-8-15)16-9-13-18(24-4)14-10-16/h7-14,19H,5-6H2,1-4H3. The molecule has 0 aromatic heterocycles. The van der Waals surface area contributed by atoms with E-state index in [1.54, 1.807) is 14.2 Å². The summed E-state index contributed by atoms with van der Waals surface area (Å²) in [5.74, 6) is 1.34. The van der Waals surface area contributed by atoms with E-state index in [2.05, 4.69) is 0 Å². The molecule has 0 aliphatic heterocycles. The fraction of sp³-hybridized carbons (Fsp3) is 0.350. The lowest BCUT2D eigenvalue weighted by Gasteiger charge is -2.26. The van der Waals surface area contributed by atoms with Crippen LogP contribution in [0.3, 0.4) is 0 Å². The van der Waals surface area contributed by atoms with Crippen LogP contribution in [0, 0.1) is 0 Å². The molecule has 128 valence electrons. The van der Waals surface area contributed by atoms with Crippen LogP contribution in [0.15, 0.2) is 48.5 Å². The first-order valence-corrected chi connectivity index (χ1v) is 8.21. The Morgan fingerprint density at radius 1 is 0.833 bits per heavy atom. The van der Waals surface area contributed by atoms with Crippen molar-refractivity contribution < 1.29 is 14.3 Å². The third-order valence-electron chi connectivity index (χ3n) is 4.22. The zero-order valence-corrected chi connectivity index (χ0v) is 14.8. The first-order chi connectivity index (χ1) is 11.6. The number of ether oxygens (including phenoxy) is 2. The molecule has 0 spiro atoms. The Bertz CT molecular complexity index is 598. The van der Waals surface area contributed by atoms with Crippen molar-refractivity contribution in [3.63, 3.8) is 0 Å². The Balaban J connectivity index is 2.44. The van der Waals surface area contributed by atoms with Crippen molar-refractivity contribution in [2.24, 2.45) is 0 Å². The lowest BCUT2D eigenvalue weighted by atomic mass is 9.89. The lowest BCUT2D eigenvalue weighted by Crippen LogP contribution is -2.35. The second-order valence-corrected chi connectivity index (χ2v) is 5.49. The van der Waals surface area contributed by atoms with Crippen molar-refractivity contribution in [2.45, 2.75) is 19.8 Å². The highest BCUT2D eigenvalue weighted by atomic mass is 16.5. The van der Waals surface area contributed by atoms with E-state index in [-0.39, 0.29) is 11.8 Å². The van der Waals surface area contributed by atoms with Crippen LogP contribution in [-0.2, 0) is 4.79 Å². The highest BCUT2D eigenvalue weighted by molar-refractivity contribution is 5.87. The van der Waals surface area contributed by atoms with Crippen LogP contribution in [-0.4, -0.2) is 38.1 Å². The quantitative estimate of drug-likeness (QED) is 0.778. The third-order valence-corrected chi connectivity index (χ3v) is 4.22. The molecule has 0 saturated carbocycles. The summed E-state index contributed by atoms with van der Waals surface area (Å²) < 4.78 is 10.4. The number of benzene rings is 2. The van der Waals surface area contributed by atoms with Gasteiger partial charge in [0.2, 0.25) is 5.91 Å². The van der Waals surface area contributed by atoms with E-state index in [0.29, 0.717) is 13.1 Å². The van der Waals surface area contributed by atoms with Crippen LogP contribution in [0.5, 0.6) is 11.5 Å². The lowest BCUT2D eigenvalue weighted by molar-refractivity contribution is -0.131. The molecule has 0 aliphatic rings. The van der Waals surface area contributed by atoms with Crippen LogP contribution in [0.4, 0.5) is 0 Å². The molecule has 0 heterocycles. The van der Waals surface area contributed by atoms with E-state index in [0.717, 1.165) is 22.6 Å². The number of carbonyl (C=O) groups is 1. The Labute approximate surface area is 144 Å². The number of hydrogen-bond donors (Lipinski definition) is 0. The van der Waals surface area contributed by atoms with Gasteiger partial charge in [0.1, 0.15) is 11.5 Å². The van der Waals surface area contributed by atoms with Gasteiger partial charge in [0.05, 0.1) is 20.1 Å². The van der Waals surface area contributed by atoms with E-state index in [1.165, 1.54) is 0 Å². The van der Waals surface area contributed by atoms with Crippen molar-refractivity contribution in [1.29, 1.82) is 0 Å². The van der Waals surface area contributed by atoms with Crippen molar-refractivity contribution in [1.82, 2.24) is 4.90 Å². The molecule has 0 radical (unpaired) electrons. The third kappa shape index (κ3) is 3.88. The predicted molar refractivity (Wildman–Crippen MR) is 95.8 cm³/mol. The molecule has 4 heteroatoms. The molecule has 0 atom stereocenters. The van der Waals surface area contributed by atoms with E-state index >= 15 is 0 Å². The molecule has 2 aromatic rings. The Morgan fingerprint density at radius 2 is 1.21 bits per heavy atom. The average molecular weight is 327 g/mol. The minimum absolute atomic E-state index is 0.107. The van der Waals surface area contributed by atoms with Gasteiger partial charge >= 0.3 is 0 Å². The highest BCUT2D eigenvalue weighted by Gasteiger charge is 2.26. The topological polar surface area (TPSA) is 38.8 Å². The summed E-state index contributed by atoms with van der Waals surface area (Å²) in [4.78, 5) is 14.9. The molecular weight excluding hydrogens is 302 g/mol. The van der Waals surface area contributed by atoms with Gasteiger partial charge in [0.25, 0.3) is 0 Å². The number of methoxy groups -OCH3 is 2. The van der Waals surface area contributed by atoms with E-state index < -0.39 is 0 Å². The van der Waals surface area contributed by atoms with Crippen molar-refractivity contribution in [3.05, 3.63) is 59.7 Å². The predicted octanol–water partition coefficient (Wildman–Crippen LogP) is 3.70. The second-order valence-electron chi connectivity index (χ2n) is 5.49. The summed E-state index contributed by atoms with van der Waals surface area (Å²) in [7, 11) is 3.27. The van der Waals surface area contributed by atoms with Crippen molar-refractivity contribution in [2.75, 3.05) is 27.3 Å². The summed E-state index contributed by atoms with van der Waals surface area (Å²) in [6, 6.07) is 15.4. The van der Waals surface area contributed by atoms with Gasteiger partial charge in [-0.05, 0) is 49.2 Å². The largest absolute Gasteiger partial charge is 0.497 e. The first-order valence-electron chi connectivity index (χ1n) is 8.21. The smallest absolute Gasteiger partial charge is 0.234 e. The average Bonchev–Trinajstić information content (AvgIpc) is 2.64. The Kier molecular flexibility index (Phi) is 6.24. The maximum absolute atomic E-state index is 13.1. The van der Waals surface area contributed by atoms with Gasteiger partial charge in [0, 0.05) is 13.1 Å². The molecule has 0 unspecified atom stereocenters. The molecule has 4 nitrogen and oxygen atoms in total. The highest BCUT2D eigenvalue weighted by Crippen LogP contribution is 2.29. The summed E-state index contributed by atoms with van der Waals surface area (Å²) in [5.41, 5.74) is 1.91. The molecular formula is C20H25NO3. The number of likely N-dealkylation sites (N-methyl/N-ethyl adjacent to an activating group) is 1. The zero-order valence-electron chi connectivity index (χ0n) is 14.8. The number of nitrogens with zero attached hydrogens (tertiary/aromatic N) is 1. The zero-order chi connectivity index (χ0) is 17.5. The SMILES string of the molecule is CCN(CC)C(=O)C(c1ccc(OC)cc1)c1ccc(OC)cc1. The summed E-state index contributed by atoms with van der Waals surface area (Å²) in [6.07, 6.45) is 0. The summed E-state index contributed by atoms with van der Waals surface area (Å²) >= 11 is 0. The van der Waals surface area contributed by atoms with Crippen LogP contribution < -0.4 is 9.47 Å². The van der Waals surface area contributed by atoms with Crippen LogP contribution in [0.25, 0.3) is 0 Å². The van der Waals surface area contributed by atoms with Gasteiger partial charge in [-0.1, -0.05) is 24.3 Å². The molecule has 2 rings (SSSR count). The maximum Gasteiger partial charge on any atom is 0.234 e. The molecule has 0 aliphatic carbocycles.